The van der Waals surface area contributed by atoms with Gasteiger partial charge in [-0.3, -0.25) is 4.90 Å². The third-order valence-corrected chi connectivity index (χ3v) is 4.80. The van der Waals surface area contributed by atoms with Crippen LogP contribution < -0.4 is 5.73 Å². The molecule has 1 saturated carbocycles. The van der Waals surface area contributed by atoms with Gasteiger partial charge in [0, 0.05) is 12.1 Å². The van der Waals surface area contributed by atoms with Gasteiger partial charge >= 0.3 is 6.18 Å². The lowest BCUT2D eigenvalue weighted by Crippen LogP contribution is -2.49. The fraction of sp³-hybridized carbons (Fsp3) is 1.00. The molecule has 1 atom stereocenters. The Labute approximate surface area is 113 Å². The molecule has 19 heavy (non-hydrogen) atoms. The first-order valence-corrected chi connectivity index (χ1v) is 7.55. The highest BCUT2D eigenvalue weighted by Gasteiger charge is 2.42. The van der Waals surface area contributed by atoms with Crippen LogP contribution >= 0.6 is 0 Å². The van der Waals surface area contributed by atoms with Gasteiger partial charge in [-0.05, 0) is 58.0 Å². The van der Waals surface area contributed by atoms with Gasteiger partial charge in [0.25, 0.3) is 0 Å². The van der Waals surface area contributed by atoms with Gasteiger partial charge in [0.15, 0.2) is 0 Å². The Morgan fingerprint density at radius 1 is 1.00 bits per heavy atom. The molecule has 0 bridgehead atoms. The van der Waals surface area contributed by atoms with Crippen molar-refractivity contribution in [2.75, 3.05) is 13.1 Å². The molecule has 2 rings (SSSR count). The lowest BCUT2D eigenvalue weighted by molar-refractivity contribution is -0.185. The fourth-order valence-corrected chi connectivity index (χ4v) is 3.74. The van der Waals surface area contributed by atoms with Crippen molar-refractivity contribution in [3.63, 3.8) is 0 Å². The molecule has 2 aliphatic rings. The molecule has 0 aromatic rings. The van der Waals surface area contributed by atoms with Crippen LogP contribution in [0.5, 0.6) is 0 Å². The van der Waals surface area contributed by atoms with E-state index < -0.39 is 12.1 Å². The molecule has 1 aliphatic carbocycles. The number of hydrogen-bond donors (Lipinski definition) is 1. The van der Waals surface area contributed by atoms with Gasteiger partial charge in [-0.2, -0.15) is 13.2 Å². The lowest BCUT2D eigenvalue weighted by Gasteiger charge is -2.44. The number of piperidine rings is 1. The largest absolute Gasteiger partial charge is 0.391 e. The Kier molecular flexibility index (Phi) is 5.12. The maximum Gasteiger partial charge on any atom is 0.391 e. The number of nitrogens with zero attached hydrogens (tertiary/aromatic N) is 1. The van der Waals surface area contributed by atoms with E-state index in [2.05, 4.69) is 4.90 Å². The Morgan fingerprint density at radius 2 is 1.68 bits per heavy atom. The molecule has 1 heterocycles. The number of nitrogens with two attached hydrogens (primary N) is 1. The molecule has 0 radical (unpaired) electrons. The summed E-state index contributed by atoms with van der Waals surface area (Å²) in [5.74, 6) is -1.07. The molecule has 0 spiro atoms. The number of rotatable bonds is 3. The van der Waals surface area contributed by atoms with Crippen molar-refractivity contribution < 1.29 is 13.2 Å². The maximum absolute atomic E-state index is 12.7. The first-order chi connectivity index (χ1) is 9.02. The Hall–Kier alpha value is -0.290. The van der Waals surface area contributed by atoms with E-state index in [9.17, 15) is 13.2 Å². The lowest BCUT2D eigenvalue weighted by atomic mass is 9.83. The quantitative estimate of drug-likeness (QED) is 0.858. The molecular formula is C14H25F3N2. The molecule has 1 unspecified atom stereocenters. The second-order valence-corrected chi connectivity index (χ2v) is 6.01. The standard InChI is InChI=1S/C14H25F3N2/c15-14(16,17)11-4-6-13(7-5-11)19-10-2-1-3-12(19)8-9-18/h11-13H,1-10,18H2. The molecular weight excluding hydrogens is 253 g/mol. The SMILES string of the molecule is NCCC1CCCCN1C1CCC(C(F)(F)F)CC1. The molecule has 2 nitrogen and oxygen atoms in total. The first kappa shape index (κ1) is 15.1. The molecule has 1 aliphatic heterocycles. The highest BCUT2D eigenvalue weighted by atomic mass is 19.4. The van der Waals surface area contributed by atoms with Crippen molar-refractivity contribution in [2.24, 2.45) is 11.7 Å². The Balaban J connectivity index is 1.88. The Morgan fingerprint density at radius 3 is 2.26 bits per heavy atom. The van der Waals surface area contributed by atoms with E-state index in [1.165, 1.54) is 12.8 Å². The van der Waals surface area contributed by atoms with Crippen LogP contribution in [0.4, 0.5) is 13.2 Å². The van der Waals surface area contributed by atoms with Crippen molar-refractivity contribution in [3.05, 3.63) is 0 Å². The molecule has 1 saturated heterocycles. The number of alkyl halides is 3. The minimum absolute atomic E-state index is 0.306. The van der Waals surface area contributed by atoms with Crippen molar-refractivity contribution >= 4 is 0 Å². The highest BCUT2D eigenvalue weighted by molar-refractivity contribution is 4.87. The maximum atomic E-state index is 12.7. The smallest absolute Gasteiger partial charge is 0.330 e. The van der Waals surface area contributed by atoms with E-state index in [0.29, 0.717) is 44.3 Å². The summed E-state index contributed by atoms with van der Waals surface area (Å²) in [7, 11) is 0. The third-order valence-electron chi connectivity index (χ3n) is 4.80. The number of likely N-dealkylation sites (tertiary alicyclic amines) is 1. The van der Waals surface area contributed by atoms with E-state index in [1.807, 2.05) is 0 Å². The normalized spacial score (nSPS) is 34.4. The van der Waals surface area contributed by atoms with Gasteiger partial charge in [-0.25, -0.2) is 0 Å². The summed E-state index contributed by atoms with van der Waals surface area (Å²) >= 11 is 0. The topological polar surface area (TPSA) is 29.3 Å². The minimum atomic E-state index is -4.00. The molecule has 2 fully saturated rings. The van der Waals surface area contributed by atoms with Crippen molar-refractivity contribution in [1.82, 2.24) is 4.90 Å². The molecule has 2 N–H and O–H groups in total. The van der Waals surface area contributed by atoms with Crippen LogP contribution in [-0.2, 0) is 0 Å². The third kappa shape index (κ3) is 3.85. The predicted molar refractivity (Wildman–Crippen MR) is 69.8 cm³/mol. The average Bonchev–Trinajstić information content (AvgIpc) is 2.39. The van der Waals surface area contributed by atoms with Crippen LogP contribution in [0, 0.1) is 5.92 Å². The number of hydrogen-bond acceptors (Lipinski definition) is 2. The average molecular weight is 278 g/mol. The van der Waals surface area contributed by atoms with Gasteiger partial charge in [-0.15, -0.1) is 0 Å². The second kappa shape index (κ2) is 6.44. The summed E-state index contributed by atoms with van der Waals surface area (Å²) in [6, 6.07) is 0.863. The summed E-state index contributed by atoms with van der Waals surface area (Å²) < 4.78 is 38.0. The zero-order valence-electron chi connectivity index (χ0n) is 11.5. The van der Waals surface area contributed by atoms with Crippen LogP contribution in [0.15, 0.2) is 0 Å². The van der Waals surface area contributed by atoms with Crippen LogP contribution in [0.2, 0.25) is 0 Å². The zero-order chi connectivity index (χ0) is 13.9. The highest BCUT2D eigenvalue weighted by Crippen LogP contribution is 2.40. The minimum Gasteiger partial charge on any atom is -0.330 e. The second-order valence-electron chi connectivity index (χ2n) is 6.01. The van der Waals surface area contributed by atoms with Crippen molar-refractivity contribution in [2.45, 2.75) is 69.6 Å². The van der Waals surface area contributed by atoms with Gasteiger partial charge < -0.3 is 5.73 Å². The molecule has 0 aromatic heterocycles. The van der Waals surface area contributed by atoms with Crippen molar-refractivity contribution in [1.29, 1.82) is 0 Å². The molecule has 112 valence electrons. The predicted octanol–water partition coefficient (Wildman–Crippen LogP) is 3.31. The van der Waals surface area contributed by atoms with E-state index >= 15 is 0 Å². The summed E-state index contributed by atoms with van der Waals surface area (Å²) in [6.45, 7) is 1.73. The summed E-state index contributed by atoms with van der Waals surface area (Å²) in [6.07, 6.45) is 2.58. The zero-order valence-corrected chi connectivity index (χ0v) is 11.5. The van der Waals surface area contributed by atoms with Gasteiger partial charge in [-0.1, -0.05) is 6.42 Å². The summed E-state index contributed by atoms with van der Waals surface area (Å²) in [5, 5.41) is 0. The molecule has 0 amide bonds. The molecule has 0 aromatic carbocycles. The van der Waals surface area contributed by atoms with E-state index in [0.717, 1.165) is 19.4 Å². The van der Waals surface area contributed by atoms with Crippen LogP contribution in [0.1, 0.15) is 51.4 Å². The van der Waals surface area contributed by atoms with E-state index in [-0.39, 0.29) is 0 Å². The number of halogens is 3. The van der Waals surface area contributed by atoms with Crippen LogP contribution in [0.25, 0.3) is 0 Å². The monoisotopic (exact) mass is 278 g/mol. The Bertz CT molecular complexity index is 270. The van der Waals surface area contributed by atoms with Gasteiger partial charge in [0.05, 0.1) is 5.92 Å². The molecule has 5 heteroatoms. The van der Waals surface area contributed by atoms with Gasteiger partial charge in [0.2, 0.25) is 0 Å². The fourth-order valence-electron chi connectivity index (χ4n) is 3.74. The van der Waals surface area contributed by atoms with E-state index in [4.69, 9.17) is 5.73 Å². The van der Waals surface area contributed by atoms with Crippen LogP contribution in [-0.4, -0.2) is 36.2 Å². The van der Waals surface area contributed by atoms with Crippen LogP contribution in [0.3, 0.4) is 0 Å². The van der Waals surface area contributed by atoms with Gasteiger partial charge in [0.1, 0.15) is 0 Å². The van der Waals surface area contributed by atoms with Crippen molar-refractivity contribution in [3.8, 4) is 0 Å². The van der Waals surface area contributed by atoms with E-state index in [1.54, 1.807) is 0 Å². The summed E-state index contributed by atoms with van der Waals surface area (Å²) in [4.78, 5) is 2.46. The first-order valence-electron chi connectivity index (χ1n) is 7.55. The summed E-state index contributed by atoms with van der Waals surface area (Å²) in [5.41, 5.74) is 5.65.